The second-order valence-corrected chi connectivity index (χ2v) is 5.44. The first kappa shape index (κ1) is 18.7. The molecule has 0 bridgehead atoms. The fraction of sp³-hybridized carbons (Fsp3) is 0.316. The summed E-state index contributed by atoms with van der Waals surface area (Å²) < 4.78 is 4.97. The summed E-state index contributed by atoms with van der Waals surface area (Å²) in [7, 11) is 1.67. The van der Waals surface area contributed by atoms with Crippen LogP contribution < -0.4 is 15.8 Å². The second-order valence-electron chi connectivity index (χ2n) is 5.44. The van der Waals surface area contributed by atoms with Crippen molar-refractivity contribution in [1.29, 1.82) is 0 Å². The number of rotatable bonds is 5. The number of primary amides is 1. The Labute approximate surface area is 138 Å². The molecule has 0 aromatic heterocycles. The molecule has 1 unspecified atom stereocenters. The van der Waals surface area contributed by atoms with Crippen molar-refractivity contribution in [3.05, 3.63) is 65.7 Å². The fourth-order valence-corrected chi connectivity index (χ4v) is 1.97. The number of nitrogens with two attached hydrogens (primary N) is 1. The topological polar surface area (TPSA) is 64.3 Å². The molecule has 2 atom stereocenters. The average molecular weight is 314 g/mol. The third kappa shape index (κ3) is 6.98. The third-order valence-corrected chi connectivity index (χ3v) is 3.48. The van der Waals surface area contributed by atoms with Gasteiger partial charge in [-0.2, -0.15) is 0 Å². The summed E-state index contributed by atoms with van der Waals surface area (Å²) >= 11 is 0. The van der Waals surface area contributed by atoms with Gasteiger partial charge < -0.3 is 10.5 Å². The first-order chi connectivity index (χ1) is 10.9. The van der Waals surface area contributed by atoms with Crippen LogP contribution in [0.15, 0.2) is 54.6 Å². The van der Waals surface area contributed by atoms with Crippen LogP contribution in [-0.2, 0) is 4.79 Å². The van der Waals surface area contributed by atoms with Crippen LogP contribution in [0.5, 0.6) is 5.75 Å². The molecule has 0 saturated carbocycles. The number of amides is 1. The summed E-state index contributed by atoms with van der Waals surface area (Å²) in [6, 6.07) is 17.8. The van der Waals surface area contributed by atoms with Gasteiger partial charge in [-0.1, -0.05) is 48.0 Å². The summed E-state index contributed by atoms with van der Waals surface area (Å²) in [5.74, 6) is 0.591. The summed E-state index contributed by atoms with van der Waals surface area (Å²) in [6.45, 7) is 5.83. The highest BCUT2D eigenvalue weighted by atomic mass is 16.5. The van der Waals surface area contributed by atoms with E-state index in [1.807, 2.05) is 61.5 Å². The fourth-order valence-electron chi connectivity index (χ4n) is 1.97. The molecule has 0 saturated heterocycles. The molecule has 0 spiro atoms. The van der Waals surface area contributed by atoms with Crippen LogP contribution in [0.25, 0.3) is 0 Å². The number of benzene rings is 2. The van der Waals surface area contributed by atoms with Gasteiger partial charge in [0.2, 0.25) is 5.91 Å². The zero-order valence-corrected chi connectivity index (χ0v) is 14.2. The number of carbonyl (C=O) groups excluding carboxylic acids is 1. The van der Waals surface area contributed by atoms with E-state index in [2.05, 4.69) is 12.2 Å². The lowest BCUT2D eigenvalue weighted by molar-refractivity contribution is -0.119. The number of hydrogen-bond acceptors (Lipinski definition) is 3. The van der Waals surface area contributed by atoms with Crippen molar-refractivity contribution in [2.24, 2.45) is 5.73 Å². The van der Waals surface area contributed by atoms with E-state index in [-0.39, 0.29) is 18.0 Å². The van der Waals surface area contributed by atoms with Gasteiger partial charge in [-0.05, 0) is 38.5 Å². The van der Waals surface area contributed by atoms with Gasteiger partial charge in [0.15, 0.2) is 0 Å². The Balaban J connectivity index is 0.000000253. The van der Waals surface area contributed by atoms with Gasteiger partial charge in [0.05, 0.1) is 13.2 Å². The van der Waals surface area contributed by atoms with Gasteiger partial charge in [-0.3, -0.25) is 10.1 Å². The van der Waals surface area contributed by atoms with Crippen LogP contribution in [0.3, 0.4) is 0 Å². The molecule has 2 aromatic rings. The van der Waals surface area contributed by atoms with Crippen molar-refractivity contribution in [1.82, 2.24) is 5.32 Å². The van der Waals surface area contributed by atoms with Crippen LogP contribution in [0.4, 0.5) is 0 Å². The van der Waals surface area contributed by atoms with Gasteiger partial charge >= 0.3 is 0 Å². The monoisotopic (exact) mass is 314 g/mol. The standard InChI is InChI=1S/C11H16N2O.C8H10O/c1-8(13-9(2)11(12)14)10-6-4-3-5-7-10;1-7-3-5-8(9-2)6-4-7/h3-9,13H,1-2H3,(H2,12,14);3-6H,1-2H3/t8?,9-;/m1./s1. The minimum absolute atomic E-state index is 0.138. The maximum Gasteiger partial charge on any atom is 0.234 e. The molecule has 0 heterocycles. The number of carbonyl (C=O) groups is 1. The molecule has 4 nitrogen and oxygen atoms in total. The quantitative estimate of drug-likeness (QED) is 0.890. The molecule has 2 aromatic carbocycles. The molecule has 0 fully saturated rings. The van der Waals surface area contributed by atoms with E-state index in [0.717, 1.165) is 11.3 Å². The molecule has 1 amide bonds. The van der Waals surface area contributed by atoms with E-state index in [4.69, 9.17) is 10.5 Å². The molecule has 3 N–H and O–H groups in total. The SMILES string of the molecule is CC(N[C@H](C)C(N)=O)c1ccccc1.COc1ccc(C)cc1. The Bertz CT molecular complexity index is 582. The molecule has 0 aliphatic heterocycles. The van der Waals surface area contributed by atoms with Gasteiger partial charge in [-0.25, -0.2) is 0 Å². The van der Waals surface area contributed by atoms with Crippen LogP contribution in [0, 0.1) is 6.92 Å². The molecule has 124 valence electrons. The van der Waals surface area contributed by atoms with Crippen molar-refractivity contribution in [3.63, 3.8) is 0 Å². The maximum atomic E-state index is 10.8. The van der Waals surface area contributed by atoms with E-state index in [9.17, 15) is 4.79 Å². The van der Waals surface area contributed by atoms with E-state index in [0.29, 0.717) is 0 Å². The number of hydrogen-bond donors (Lipinski definition) is 2. The Hall–Kier alpha value is -2.33. The summed E-state index contributed by atoms with van der Waals surface area (Å²) in [5.41, 5.74) is 7.57. The molecule has 0 radical (unpaired) electrons. The molecule has 23 heavy (non-hydrogen) atoms. The van der Waals surface area contributed by atoms with Gasteiger partial charge in [0.1, 0.15) is 5.75 Å². The predicted octanol–water partition coefficient (Wildman–Crippen LogP) is 3.21. The molecular weight excluding hydrogens is 288 g/mol. The summed E-state index contributed by atoms with van der Waals surface area (Å²) in [5, 5.41) is 3.12. The maximum absolute atomic E-state index is 10.8. The number of methoxy groups -OCH3 is 1. The zero-order valence-electron chi connectivity index (χ0n) is 14.2. The Kier molecular flexibility index (Phi) is 7.84. The lowest BCUT2D eigenvalue weighted by atomic mass is 10.1. The van der Waals surface area contributed by atoms with Crippen molar-refractivity contribution in [3.8, 4) is 5.75 Å². The Morgan fingerprint density at radius 3 is 2.09 bits per heavy atom. The van der Waals surface area contributed by atoms with E-state index < -0.39 is 0 Å². The van der Waals surface area contributed by atoms with Crippen LogP contribution in [0.1, 0.15) is 31.0 Å². The minimum Gasteiger partial charge on any atom is -0.497 e. The summed E-state index contributed by atoms with van der Waals surface area (Å²) in [6.07, 6.45) is 0. The molecular formula is C19H26N2O2. The van der Waals surface area contributed by atoms with Crippen molar-refractivity contribution < 1.29 is 9.53 Å². The van der Waals surface area contributed by atoms with E-state index in [1.165, 1.54) is 5.56 Å². The highest BCUT2D eigenvalue weighted by Gasteiger charge is 2.12. The first-order valence-corrected chi connectivity index (χ1v) is 7.65. The molecule has 0 aliphatic rings. The molecule has 4 heteroatoms. The van der Waals surface area contributed by atoms with Crippen molar-refractivity contribution >= 4 is 5.91 Å². The lowest BCUT2D eigenvalue weighted by Gasteiger charge is -2.17. The number of nitrogens with one attached hydrogen (secondary N) is 1. The van der Waals surface area contributed by atoms with Crippen LogP contribution >= 0.6 is 0 Å². The van der Waals surface area contributed by atoms with Crippen LogP contribution in [0.2, 0.25) is 0 Å². The Morgan fingerprint density at radius 1 is 1.04 bits per heavy atom. The number of ether oxygens (including phenoxy) is 1. The normalized spacial score (nSPS) is 12.5. The molecule has 0 aliphatic carbocycles. The first-order valence-electron chi connectivity index (χ1n) is 7.65. The highest BCUT2D eigenvalue weighted by Crippen LogP contribution is 2.11. The van der Waals surface area contributed by atoms with E-state index >= 15 is 0 Å². The number of aryl methyl sites for hydroxylation is 1. The largest absolute Gasteiger partial charge is 0.497 e. The van der Waals surface area contributed by atoms with Crippen molar-refractivity contribution in [2.75, 3.05) is 7.11 Å². The third-order valence-electron chi connectivity index (χ3n) is 3.48. The van der Waals surface area contributed by atoms with Gasteiger partial charge in [-0.15, -0.1) is 0 Å². The smallest absolute Gasteiger partial charge is 0.234 e. The van der Waals surface area contributed by atoms with Gasteiger partial charge in [0, 0.05) is 6.04 Å². The molecule has 2 rings (SSSR count). The van der Waals surface area contributed by atoms with Crippen LogP contribution in [-0.4, -0.2) is 19.1 Å². The lowest BCUT2D eigenvalue weighted by Crippen LogP contribution is -2.39. The average Bonchev–Trinajstić information content (AvgIpc) is 2.57. The highest BCUT2D eigenvalue weighted by molar-refractivity contribution is 5.79. The summed E-state index contributed by atoms with van der Waals surface area (Å²) in [4.78, 5) is 10.8. The minimum atomic E-state index is -0.326. The predicted molar refractivity (Wildman–Crippen MR) is 94.4 cm³/mol. The second kappa shape index (κ2) is 9.64. The van der Waals surface area contributed by atoms with E-state index in [1.54, 1.807) is 14.0 Å². The zero-order chi connectivity index (χ0) is 17.2. The Morgan fingerprint density at radius 2 is 1.61 bits per heavy atom. The van der Waals surface area contributed by atoms with Gasteiger partial charge in [0.25, 0.3) is 0 Å². The van der Waals surface area contributed by atoms with Crippen molar-refractivity contribution in [2.45, 2.75) is 32.9 Å².